The molecule has 114 valence electrons. The molecule has 0 spiro atoms. The molecule has 1 aromatic carbocycles. The summed E-state index contributed by atoms with van der Waals surface area (Å²) in [5.74, 6) is 0.125. The standard InChI is InChI=1S/C18H20N2OS/c1-4-19(15-7-5-6-13(2)10-15)18(21)12-20-14(3)11-17-16(20)8-9-22-17/h5-11H,4,12H2,1-3H3. The van der Waals surface area contributed by atoms with Crippen LogP contribution >= 0.6 is 11.3 Å². The third-order valence-electron chi connectivity index (χ3n) is 3.95. The van der Waals surface area contributed by atoms with Crippen LogP contribution in [-0.2, 0) is 11.3 Å². The summed E-state index contributed by atoms with van der Waals surface area (Å²) >= 11 is 1.72. The minimum Gasteiger partial charge on any atom is -0.335 e. The Morgan fingerprint density at radius 1 is 1.23 bits per heavy atom. The van der Waals surface area contributed by atoms with Gasteiger partial charge >= 0.3 is 0 Å². The van der Waals surface area contributed by atoms with Gasteiger partial charge in [0.1, 0.15) is 6.54 Å². The highest BCUT2D eigenvalue weighted by atomic mass is 32.1. The van der Waals surface area contributed by atoms with Gasteiger partial charge in [0.15, 0.2) is 0 Å². The number of hydrogen-bond acceptors (Lipinski definition) is 2. The highest BCUT2D eigenvalue weighted by molar-refractivity contribution is 7.17. The molecule has 0 aliphatic heterocycles. The van der Waals surface area contributed by atoms with Crippen molar-refractivity contribution in [3.8, 4) is 0 Å². The number of aromatic nitrogens is 1. The molecule has 3 aromatic rings. The fraction of sp³-hybridized carbons (Fsp3) is 0.278. The molecule has 0 saturated carbocycles. The van der Waals surface area contributed by atoms with Crippen LogP contribution in [0, 0.1) is 13.8 Å². The summed E-state index contributed by atoms with van der Waals surface area (Å²) in [7, 11) is 0. The van der Waals surface area contributed by atoms with Crippen molar-refractivity contribution in [1.82, 2.24) is 4.57 Å². The third kappa shape index (κ3) is 2.66. The van der Waals surface area contributed by atoms with Gasteiger partial charge in [-0.1, -0.05) is 12.1 Å². The first kappa shape index (κ1) is 14.9. The highest BCUT2D eigenvalue weighted by Crippen LogP contribution is 2.25. The van der Waals surface area contributed by atoms with Crippen molar-refractivity contribution in [2.45, 2.75) is 27.3 Å². The second-order valence-corrected chi connectivity index (χ2v) is 6.47. The molecule has 0 N–H and O–H groups in total. The summed E-state index contributed by atoms with van der Waals surface area (Å²) in [4.78, 5) is 14.6. The number of benzene rings is 1. The quantitative estimate of drug-likeness (QED) is 0.702. The molecule has 0 aliphatic rings. The molecule has 4 heteroatoms. The molecule has 22 heavy (non-hydrogen) atoms. The van der Waals surface area contributed by atoms with E-state index < -0.39 is 0 Å². The fourth-order valence-corrected chi connectivity index (χ4v) is 3.71. The van der Waals surface area contributed by atoms with Crippen molar-refractivity contribution < 1.29 is 4.79 Å². The van der Waals surface area contributed by atoms with Crippen LogP contribution in [0.3, 0.4) is 0 Å². The number of thiophene rings is 1. The van der Waals surface area contributed by atoms with Crippen LogP contribution < -0.4 is 4.90 Å². The number of fused-ring (bicyclic) bond motifs is 1. The molecule has 0 aliphatic carbocycles. The minimum atomic E-state index is 0.125. The number of amides is 1. The predicted molar refractivity (Wildman–Crippen MR) is 93.8 cm³/mol. The average molecular weight is 312 g/mol. The van der Waals surface area contributed by atoms with Gasteiger partial charge in [-0.2, -0.15) is 0 Å². The van der Waals surface area contributed by atoms with E-state index in [-0.39, 0.29) is 5.91 Å². The van der Waals surface area contributed by atoms with Crippen LogP contribution in [0.1, 0.15) is 18.2 Å². The molecule has 3 nitrogen and oxygen atoms in total. The van der Waals surface area contributed by atoms with E-state index in [0.29, 0.717) is 13.1 Å². The maximum Gasteiger partial charge on any atom is 0.246 e. The molecule has 2 aromatic heterocycles. The number of anilines is 1. The molecular formula is C18H20N2OS. The maximum absolute atomic E-state index is 12.8. The van der Waals surface area contributed by atoms with Gasteiger partial charge in [-0.25, -0.2) is 0 Å². The number of carbonyl (C=O) groups is 1. The van der Waals surface area contributed by atoms with E-state index in [1.807, 2.05) is 36.9 Å². The molecule has 2 heterocycles. The van der Waals surface area contributed by atoms with E-state index in [1.54, 1.807) is 11.3 Å². The SMILES string of the molecule is CCN(C(=O)Cn1c(C)cc2sccc21)c1cccc(C)c1. The summed E-state index contributed by atoms with van der Waals surface area (Å²) in [6.45, 7) is 7.18. The summed E-state index contributed by atoms with van der Waals surface area (Å²) < 4.78 is 3.34. The van der Waals surface area contributed by atoms with Crippen LogP contribution in [0.2, 0.25) is 0 Å². The van der Waals surface area contributed by atoms with Gasteiger partial charge in [0.25, 0.3) is 0 Å². The summed E-state index contributed by atoms with van der Waals surface area (Å²) in [6.07, 6.45) is 0. The largest absolute Gasteiger partial charge is 0.335 e. The maximum atomic E-state index is 12.8. The van der Waals surface area contributed by atoms with E-state index in [2.05, 4.69) is 35.1 Å². The number of rotatable bonds is 4. The van der Waals surface area contributed by atoms with Gasteiger partial charge < -0.3 is 9.47 Å². The zero-order chi connectivity index (χ0) is 15.7. The van der Waals surface area contributed by atoms with Gasteiger partial charge in [-0.15, -0.1) is 11.3 Å². The second kappa shape index (κ2) is 5.97. The zero-order valence-corrected chi connectivity index (χ0v) is 14.0. The Bertz CT molecular complexity index is 815. The molecule has 0 fully saturated rings. The molecule has 0 saturated heterocycles. The van der Waals surface area contributed by atoms with Crippen LogP contribution in [0.5, 0.6) is 0 Å². The van der Waals surface area contributed by atoms with Crippen LogP contribution in [0.15, 0.2) is 41.8 Å². The number of nitrogens with zero attached hydrogens (tertiary/aromatic N) is 2. The van der Waals surface area contributed by atoms with E-state index >= 15 is 0 Å². The van der Waals surface area contributed by atoms with E-state index in [1.165, 1.54) is 10.3 Å². The first-order valence-electron chi connectivity index (χ1n) is 7.50. The number of carbonyl (C=O) groups excluding carboxylic acids is 1. The monoisotopic (exact) mass is 312 g/mol. The Kier molecular flexibility index (Phi) is 4.03. The first-order chi connectivity index (χ1) is 10.6. The molecule has 0 bridgehead atoms. The summed E-state index contributed by atoms with van der Waals surface area (Å²) in [5, 5.41) is 2.07. The lowest BCUT2D eigenvalue weighted by atomic mass is 10.2. The Balaban J connectivity index is 1.89. The minimum absolute atomic E-state index is 0.125. The van der Waals surface area contributed by atoms with Crippen molar-refractivity contribution in [2.75, 3.05) is 11.4 Å². The Hall–Kier alpha value is -2.07. The zero-order valence-electron chi connectivity index (χ0n) is 13.2. The normalized spacial score (nSPS) is 11.0. The van der Waals surface area contributed by atoms with Crippen molar-refractivity contribution in [1.29, 1.82) is 0 Å². The number of hydrogen-bond donors (Lipinski definition) is 0. The fourth-order valence-electron chi connectivity index (χ4n) is 2.83. The summed E-state index contributed by atoms with van der Waals surface area (Å²) in [6, 6.07) is 12.3. The molecular weight excluding hydrogens is 292 g/mol. The van der Waals surface area contributed by atoms with Crippen molar-refractivity contribution >= 4 is 33.1 Å². The number of likely N-dealkylation sites (N-methyl/N-ethyl adjacent to an activating group) is 1. The molecule has 0 atom stereocenters. The van der Waals surface area contributed by atoms with Crippen molar-refractivity contribution in [3.63, 3.8) is 0 Å². The Labute approximate surface area is 134 Å². The molecule has 0 unspecified atom stereocenters. The first-order valence-corrected chi connectivity index (χ1v) is 8.38. The van der Waals surface area contributed by atoms with Gasteiger partial charge in [-0.3, -0.25) is 4.79 Å². The van der Waals surface area contributed by atoms with E-state index in [0.717, 1.165) is 16.9 Å². The van der Waals surface area contributed by atoms with Crippen molar-refractivity contribution in [2.24, 2.45) is 0 Å². The highest BCUT2D eigenvalue weighted by Gasteiger charge is 2.17. The van der Waals surface area contributed by atoms with E-state index in [9.17, 15) is 4.79 Å². The lowest BCUT2D eigenvalue weighted by Gasteiger charge is -2.22. The molecule has 3 rings (SSSR count). The second-order valence-electron chi connectivity index (χ2n) is 5.52. The van der Waals surface area contributed by atoms with Gasteiger partial charge in [-0.05, 0) is 56.0 Å². The molecule has 0 radical (unpaired) electrons. The van der Waals surface area contributed by atoms with Crippen molar-refractivity contribution in [3.05, 3.63) is 53.0 Å². The third-order valence-corrected chi connectivity index (χ3v) is 4.81. The molecule has 1 amide bonds. The van der Waals surface area contributed by atoms with Crippen LogP contribution in [0.4, 0.5) is 5.69 Å². The van der Waals surface area contributed by atoms with Gasteiger partial charge in [0.05, 0.1) is 10.2 Å². The van der Waals surface area contributed by atoms with Crippen LogP contribution in [-0.4, -0.2) is 17.0 Å². The Morgan fingerprint density at radius 3 is 2.77 bits per heavy atom. The van der Waals surface area contributed by atoms with Crippen LogP contribution in [0.25, 0.3) is 10.2 Å². The lowest BCUT2D eigenvalue weighted by Crippen LogP contribution is -2.33. The van der Waals surface area contributed by atoms with Gasteiger partial charge in [0, 0.05) is 17.9 Å². The van der Waals surface area contributed by atoms with Gasteiger partial charge in [0.2, 0.25) is 5.91 Å². The average Bonchev–Trinajstić information content (AvgIpc) is 3.03. The predicted octanol–water partition coefficient (Wildman–Crippen LogP) is 4.37. The number of aryl methyl sites for hydroxylation is 2. The Morgan fingerprint density at radius 2 is 2.05 bits per heavy atom. The lowest BCUT2D eigenvalue weighted by molar-refractivity contribution is -0.119. The summed E-state index contributed by atoms with van der Waals surface area (Å²) in [5.41, 5.74) is 4.42. The smallest absolute Gasteiger partial charge is 0.246 e. The van der Waals surface area contributed by atoms with E-state index in [4.69, 9.17) is 0 Å². The topological polar surface area (TPSA) is 25.2 Å².